The quantitative estimate of drug-likeness (QED) is 0.276. The smallest absolute Gasteiger partial charge is 0.174 e. The maximum atomic E-state index is 6.41. The zero-order chi connectivity index (χ0) is 25.0. The molecule has 1 aromatic carbocycles. The minimum absolute atomic E-state index is 0.564. The number of nitrogens with one attached hydrogen (secondary N) is 2. The van der Waals surface area contributed by atoms with Gasteiger partial charge in [0.2, 0.25) is 0 Å². The first-order valence-electron chi connectivity index (χ1n) is 12.4. The van der Waals surface area contributed by atoms with Gasteiger partial charge >= 0.3 is 0 Å². The Hall–Kier alpha value is -4.66. The molecule has 5 aromatic rings. The van der Waals surface area contributed by atoms with Gasteiger partial charge in [0.05, 0.1) is 5.69 Å². The molecule has 0 radical (unpaired) electrons. The predicted octanol–water partition coefficient (Wildman–Crippen LogP) is 5.56. The summed E-state index contributed by atoms with van der Waals surface area (Å²) in [7, 11) is 0. The molecule has 4 heterocycles. The van der Waals surface area contributed by atoms with Crippen molar-refractivity contribution in [3.8, 4) is 22.9 Å². The van der Waals surface area contributed by atoms with Gasteiger partial charge in [-0.3, -0.25) is 4.98 Å². The lowest BCUT2D eigenvalue weighted by atomic mass is 10.1. The van der Waals surface area contributed by atoms with Crippen molar-refractivity contribution in [1.29, 1.82) is 0 Å². The Morgan fingerprint density at radius 2 is 1.92 bits per heavy atom. The number of hydrogen-bond acceptors (Lipinski definition) is 8. The molecule has 1 fully saturated rings. The second-order valence-corrected chi connectivity index (χ2v) is 9.13. The van der Waals surface area contributed by atoms with Gasteiger partial charge in [-0.1, -0.05) is 23.4 Å². The standard InChI is InChI=1S/C28H26N8O/c1-18-23(20-9-10-20)17-25(28(31-18)24-7-2-3-13-29-24)37-22-12-14-30-27(16-22)32-21-6-4-5-19(15-21)8-11-26-33-35-36-34-26/h2-7,12-17,20H,8-11H2,1H3,(H,30,32)(H,33,34,35,36). The maximum absolute atomic E-state index is 6.41. The summed E-state index contributed by atoms with van der Waals surface area (Å²) in [5, 5.41) is 17.5. The maximum Gasteiger partial charge on any atom is 0.174 e. The first kappa shape index (κ1) is 22.8. The summed E-state index contributed by atoms with van der Waals surface area (Å²) in [6, 6.07) is 19.9. The molecule has 9 nitrogen and oxygen atoms in total. The number of H-pyrrole nitrogens is 1. The highest BCUT2D eigenvalue weighted by Gasteiger charge is 2.27. The van der Waals surface area contributed by atoms with Crippen LogP contribution in [0, 0.1) is 6.92 Å². The van der Waals surface area contributed by atoms with Gasteiger partial charge in [0, 0.05) is 36.3 Å². The van der Waals surface area contributed by atoms with Gasteiger partial charge in [-0.05, 0) is 79.6 Å². The molecule has 0 bridgehead atoms. The van der Waals surface area contributed by atoms with Crippen LogP contribution in [0.2, 0.25) is 0 Å². The number of pyridine rings is 3. The van der Waals surface area contributed by atoms with Crippen molar-refractivity contribution in [2.24, 2.45) is 0 Å². The largest absolute Gasteiger partial charge is 0.455 e. The Morgan fingerprint density at radius 3 is 2.73 bits per heavy atom. The van der Waals surface area contributed by atoms with Gasteiger partial charge in [-0.25, -0.2) is 9.97 Å². The van der Waals surface area contributed by atoms with E-state index in [0.29, 0.717) is 35.5 Å². The van der Waals surface area contributed by atoms with E-state index < -0.39 is 0 Å². The van der Waals surface area contributed by atoms with Crippen molar-refractivity contribution in [2.75, 3.05) is 5.32 Å². The van der Waals surface area contributed by atoms with Gasteiger partial charge in [-0.15, -0.1) is 10.2 Å². The number of anilines is 2. The lowest BCUT2D eigenvalue weighted by Gasteiger charge is -2.15. The SMILES string of the molecule is Cc1nc(-c2ccccn2)c(Oc2ccnc(Nc3cccc(CCc4nn[nH]n4)c3)c2)cc1C1CC1. The van der Waals surface area contributed by atoms with E-state index in [-0.39, 0.29) is 0 Å². The first-order valence-corrected chi connectivity index (χ1v) is 12.4. The van der Waals surface area contributed by atoms with E-state index in [1.165, 1.54) is 24.0 Å². The molecular weight excluding hydrogens is 464 g/mol. The average molecular weight is 491 g/mol. The van der Waals surface area contributed by atoms with E-state index in [1.807, 2.05) is 42.5 Å². The summed E-state index contributed by atoms with van der Waals surface area (Å²) in [5.74, 6) is 3.33. The molecule has 0 aliphatic heterocycles. The van der Waals surface area contributed by atoms with Crippen LogP contribution in [0.3, 0.4) is 0 Å². The van der Waals surface area contributed by atoms with Crippen molar-refractivity contribution in [1.82, 2.24) is 35.6 Å². The lowest BCUT2D eigenvalue weighted by molar-refractivity contribution is 0.480. The molecule has 0 unspecified atom stereocenters. The Labute approximate surface area is 214 Å². The zero-order valence-corrected chi connectivity index (χ0v) is 20.4. The van der Waals surface area contributed by atoms with Gasteiger partial charge in [-0.2, -0.15) is 5.21 Å². The molecule has 6 rings (SSSR count). The van der Waals surface area contributed by atoms with Crippen molar-refractivity contribution in [2.45, 2.75) is 38.5 Å². The fourth-order valence-electron chi connectivity index (χ4n) is 4.34. The number of hydrogen-bond donors (Lipinski definition) is 2. The summed E-state index contributed by atoms with van der Waals surface area (Å²) in [4.78, 5) is 13.9. The van der Waals surface area contributed by atoms with Crippen LogP contribution in [0.15, 0.2) is 73.1 Å². The van der Waals surface area contributed by atoms with Gasteiger partial charge in [0.1, 0.15) is 17.3 Å². The van der Waals surface area contributed by atoms with E-state index in [2.05, 4.69) is 61.0 Å². The number of benzene rings is 1. The predicted molar refractivity (Wildman–Crippen MR) is 140 cm³/mol. The highest BCUT2D eigenvalue weighted by molar-refractivity contribution is 5.65. The van der Waals surface area contributed by atoms with E-state index >= 15 is 0 Å². The highest BCUT2D eigenvalue weighted by atomic mass is 16.5. The van der Waals surface area contributed by atoms with Gasteiger partial charge < -0.3 is 10.1 Å². The van der Waals surface area contributed by atoms with Crippen LogP contribution in [-0.4, -0.2) is 35.6 Å². The van der Waals surface area contributed by atoms with Crippen LogP contribution in [0.1, 0.15) is 41.4 Å². The monoisotopic (exact) mass is 490 g/mol. The molecule has 184 valence electrons. The highest BCUT2D eigenvalue weighted by Crippen LogP contribution is 2.44. The summed E-state index contributed by atoms with van der Waals surface area (Å²) in [5.41, 5.74) is 5.92. The third kappa shape index (κ3) is 5.45. The van der Waals surface area contributed by atoms with E-state index in [4.69, 9.17) is 9.72 Å². The fourth-order valence-corrected chi connectivity index (χ4v) is 4.34. The molecule has 0 atom stereocenters. The number of tetrazole rings is 1. The molecule has 1 aliphatic carbocycles. The van der Waals surface area contributed by atoms with E-state index in [1.54, 1.807) is 12.4 Å². The molecule has 0 amide bonds. The summed E-state index contributed by atoms with van der Waals surface area (Å²) in [6.07, 6.45) is 7.43. The molecule has 37 heavy (non-hydrogen) atoms. The third-order valence-electron chi connectivity index (χ3n) is 6.33. The second-order valence-electron chi connectivity index (χ2n) is 9.13. The molecule has 0 spiro atoms. The number of aromatic nitrogens is 7. The topological polar surface area (TPSA) is 114 Å². The minimum atomic E-state index is 0.564. The number of nitrogens with zero attached hydrogens (tertiary/aromatic N) is 6. The Balaban J connectivity index is 1.23. The Bertz CT molecular complexity index is 1500. The molecule has 0 saturated heterocycles. The minimum Gasteiger partial charge on any atom is -0.455 e. The van der Waals surface area contributed by atoms with Crippen LogP contribution in [0.4, 0.5) is 11.5 Å². The first-order chi connectivity index (χ1) is 18.2. The van der Waals surface area contributed by atoms with Gasteiger partial charge in [0.25, 0.3) is 0 Å². The van der Waals surface area contributed by atoms with Crippen LogP contribution in [0.25, 0.3) is 11.4 Å². The van der Waals surface area contributed by atoms with Crippen LogP contribution < -0.4 is 10.1 Å². The van der Waals surface area contributed by atoms with Crippen molar-refractivity contribution >= 4 is 11.5 Å². The summed E-state index contributed by atoms with van der Waals surface area (Å²) < 4.78 is 6.41. The van der Waals surface area contributed by atoms with Crippen molar-refractivity contribution in [3.63, 3.8) is 0 Å². The lowest BCUT2D eigenvalue weighted by Crippen LogP contribution is -2.00. The molecule has 1 saturated carbocycles. The molecule has 9 heteroatoms. The normalized spacial score (nSPS) is 12.9. The second kappa shape index (κ2) is 10.1. The Morgan fingerprint density at radius 1 is 0.973 bits per heavy atom. The molecule has 2 N–H and O–H groups in total. The third-order valence-corrected chi connectivity index (χ3v) is 6.33. The van der Waals surface area contributed by atoms with Crippen molar-refractivity contribution < 1.29 is 4.74 Å². The van der Waals surface area contributed by atoms with Gasteiger partial charge in [0.15, 0.2) is 11.6 Å². The van der Waals surface area contributed by atoms with Crippen LogP contribution in [-0.2, 0) is 12.8 Å². The number of aryl methyl sites for hydroxylation is 3. The number of rotatable bonds is 9. The van der Waals surface area contributed by atoms with E-state index in [0.717, 1.165) is 29.2 Å². The van der Waals surface area contributed by atoms with Crippen LogP contribution >= 0.6 is 0 Å². The van der Waals surface area contributed by atoms with Crippen molar-refractivity contribution in [3.05, 3.63) is 95.7 Å². The summed E-state index contributed by atoms with van der Waals surface area (Å²) >= 11 is 0. The number of aromatic amines is 1. The molecule has 1 aliphatic rings. The van der Waals surface area contributed by atoms with Crippen LogP contribution in [0.5, 0.6) is 11.5 Å². The van der Waals surface area contributed by atoms with E-state index in [9.17, 15) is 0 Å². The fraction of sp³-hybridized carbons (Fsp3) is 0.214. The zero-order valence-electron chi connectivity index (χ0n) is 20.4. The Kier molecular flexibility index (Phi) is 6.24. The summed E-state index contributed by atoms with van der Waals surface area (Å²) in [6.45, 7) is 2.06. The number of ether oxygens (including phenoxy) is 1. The molecular formula is C28H26N8O. The molecule has 4 aromatic heterocycles. The average Bonchev–Trinajstić information content (AvgIpc) is 3.63.